The summed E-state index contributed by atoms with van der Waals surface area (Å²) < 4.78 is 5.36. The van der Waals surface area contributed by atoms with Crippen LogP contribution in [0.3, 0.4) is 0 Å². The Balaban J connectivity index is 1.82. The number of hydrogen-bond acceptors (Lipinski definition) is 5. The van der Waals surface area contributed by atoms with Crippen LogP contribution in [0.25, 0.3) is 0 Å². The number of non-ortho nitro benzene ring substituents is 1. The van der Waals surface area contributed by atoms with E-state index in [-0.39, 0.29) is 18.8 Å². The molecule has 1 unspecified atom stereocenters. The fourth-order valence-corrected chi connectivity index (χ4v) is 2.04. The van der Waals surface area contributed by atoms with E-state index in [4.69, 9.17) is 4.42 Å². The van der Waals surface area contributed by atoms with Crippen molar-refractivity contribution in [3.05, 3.63) is 63.6 Å². The summed E-state index contributed by atoms with van der Waals surface area (Å²) in [5.74, 6) is 1.04. The molecule has 0 aliphatic heterocycles. The van der Waals surface area contributed by atoms with Gasteiger partial charge in [-0.15, -0.1) is 0 Å². The highest BCUT2D eigenvalue weighted by atomic mass is 16.6. The van der Waals surface area contributed by atoms with Gasteiger partial charge in [0.2, 0.25) is 0 Å². The van der Waals surface area contributed by atoms with Crippen LogP contribution in [0.1, 0.15) is 24.0 Å². The van der Waals surface area contributed by atoms with Crippen molar-refractivity contribution in [2.45, 2.75) is 26.0 Å². The molecule has 8 heteroatoms. The number of nitrogens with one attached hydrogen (secondary N) is 2. The molecule has 1 atom stereocenters. The molecule has 2 amide bonds. The van der Waals surface area contributed by atoms with Gasteiger partial charge in [0.25, 0.3) is 5.69 Å². The molecule has 2 aromatic rings. The van der Waals surface area contributed by atoms with Crippen molar-refractivity contribution in [2.75, 3.05) is 6.54 Å². The quantitative estimate of drug-likeness (QED) is 0.553. The van der Waals surface area contributed by atoms with Gasteiger partial charge in [-0.2, -0.15) is 0 Å². The highest BCUT2D eigenvalue weighted by molar-refractivity contribution is 5.73. The first-order chi connectivity index (χ1) is 11.3. The van der Waals surface area contributed by atoms with E-state index in [9.17, 15) is 20.0 Å². The molecule has 8 nitrogen and oxygen atoms in total. The molecule has 0 aliphatic rings. The van der Waals surface area contributed by atoms with E-state index in [0.29, 0.717) is 11.5 Å². The molecule has 0 radical (unpaired) electrons. The molecule has 0 spiro atoms. The number of amides is 2. The van der Waals surface area contributed by atoms with Crippen LogP contribution in [0.4, 0.5) is 10.5 Å². The highest BCUT2D eigenvalue weighted by Gasteiger charge is 2.27. The van der Waals surface area contributed by atoms with Gasteiger partial charge in [-0.25, -0.2) is 4.79 Å². The normalized spacial score (nSPS) is 13.1. The highest BCUT2D eigenvalue weighted by Crippen LogP contribution is 2.21. The van der Waals surface area contributed by atoms with Crippen molar-refractivity contribution < 1.29 is 19.2 Å². The van der Waals surface area contributed by atoms with E-state index in [1.807, 2.05) is 0 Å². The molecular weight excluding hydrogens is 314 g/mol. The summed E-state index contributed by atoms with van der Waals surface area (Å²) in [5, 5.41) is 26.1. The van der Waals surface area contributed by atoms with Crippen LogP contribution < -0.4 is 10.6 Å². The Morgan fingerprint density at radius 1 is 1.25 bits per heavy atom. The molecule has 24 heavy (non-hydrogen) atoms. The third-order valence-corrected chi connectivity index (χ3v) is 3.46. The van der Waals surface area contributed by atoms with Crippen molar-refractivity contribution in [2.24, 2.45) is 0 Å². The topological polar surface area (TPSA) is 118 Å². The van der Waals surface area contributed by atoms with E-state index in [1.54, 1.807) is 38.1 Å². The first-order valence-corrected chi connectivity index (χ1v) is 7.32. The van der Waals surface area contributed by atoms with E-state index < -0.39 is 16.6 Å². The lowest BCUT2D eigenvalue weighted by atomic mass is 10.0. The van der Waals surface area contributed by atoms with Crippen LogP contribution in [0.15, 0.2) is 40.8 Å². The van der Waals surface area contributed by atoms with Gasteiger partial charge in [0, 0.05) is 18.7 Å². The fourth-order valence-electron chi connectivity index (χ4n) is 2.04. The molecule has 128 valence electrons. The maximum absolute atomic E-state index is 11.8. The number of benzene rings is 1. The lowest BCUT2D eigenvalue weighted by molar-refractivity contribution is -0.384. The van der Waals surface area contributed by atoms with Gasteiger partial charge >= 0.3 is 6.03 Å². The van der Waals surface area contributed by atoms with Crippen LogP contribution in [0, 0.1) is 17.0 Å². The second kappa shape index (κ2) is 7.14. The molecule has 0 saturated heterocycles. The average molecular weight is 333 g/mol. The molecule has 2 rings (SSSR count). The third kappa shape index (κ3) is 4.56. The number of carbonyl (C=O) groups excluding carboxylic acids is 1. The van der Waals surface area contributed by atoms with E-state index >= 15 is 0 Å². The molecule has 1 heterocycles. The molecule has 1 aromatic carbocycles. The Bertz CT molecular complexity index is 722. The van der Waals surface area contributed by atoms with Gasteiger partial charge in [0.15, 0.2) is 0 Å². The largest absolute Gasteiger partial charge is 0.463 e. The third-order valence-electron chi connectivity index (χ3n) is 3.46. The standard InChI is InChI=1S/C16H19N3O5/c1-11-3-8-14(24-11)16(2,21)10-18-15(20)17-9-12-4-6-13(7-5-12)19(22)23/h3-8,21H,9-10H2,1-2H3,(H2,17,18,20). The van der Waals surface area contributed by atoms with Crippen LogP contribution in [0.5, 0.6) is 0 Å². The number of nitro groups is 1. The zero-order chi connectivity index (χ0) is 17.7. The smallest absolute Gasteiger partial charge is 0.315 e. The SMILES string of the molecule is Cc1ccc(C(C)(O)CNC(=O)NCc2ccc([N+](=O)[O-])cc2)o1. The number of aliphatic hydroxyl groups is 1. The summed E-state index contributed by atoms with van der Waals surface area (Å²) in [7, 11) is 0. The summed E-state index contributed by atoms with van der Waals surface area (Å²) in [4.78, 5) is 21.9. The van der Waals surface area contributed by atoms with Crippen LogP contribution in [-0.2, 0) is 12.1 Å². The summed E-state index contributed by atoms with van der Waals surface area (Å²) in [6.45, 7) is 3.50. The fraction of sp³-hybridized carbons (Fsp3) is 0.312. The van der Waals surface area contributed by atoms with Gasteiger partial charge in [0.05, 0.1) is 11.5 Å². The number of rotatable bonds is 6. The molecule has 0 saturated carbocycles. The van der Waals surface area contributed by atoms with E-state index in [2.05, 4.69) is 10.6 Å². The summed E-state index contributed by atoms with van der Waals surface area (Å²) >= 11 is 0. The number of hydrogen-bond donors (Lipinski definition) is 3. The number of carbonyl (C=O) groups is 1. The number of urea groups is 1. The van der Waals surface area contributed by atoms with Gasteiger partial charge in [-0.1, -0.05) is 12.1 Å². The monoisotopic (exact) mass is 333 g/mol. The molecule has 0 aliphatic carbocycles. The molecule has 1 aromatic heterocycles. The van der Waals surface area contributed by atoms with Crippen LogP contribution in [0.2, 0.25) is 0 Å². The number of furan rings is 1. The van der Waals surface area contributed by atoms with Crippen LogP contribution in [-0.4, -0.2) is 22.6 Å². The number of nitrogens with zero attached hydrogens (tertiary/aromatic N) is 1. The molecule has 3 N–H and O–H groups in total. The van der Waals surface area contributed by atoms with Gasteiger partial charge in [-0.05, 0) is 31.5 Å². The van der Waals surface area contributed by atoms with Crippen molar-refractivity contribution in [3.63, 3.8) is 0 Å². The Kier molecular flexibility index (Phi) is 5.20. The molecule has 0 fully saturated rings. The van der Waals surface area contributed by atoms with Crippen molar-refractivity contribution in [3.8, 4) is 0 Å². The number of nitro benzene ring substituents is 1. The second-order valence-corrected chi connectivity index (χ2v) is 5.64. The minimum atomic E-state index is -1.32. The Hall–Kier alpha value is -2.87. The zero-order valence-electron chi connectivity index (χ0n) is 13.4. The second-order valence-electron chi connectivity index (χ2n) is 5.64. The summed E-state index contributed by atoms with van der Waals surface area (Å²) in [6, 6.07) is 8.82. The Morgan fingerprint density at radius 3 is 2.46 bits per heavy atom. The lowest BCUT2D eigenvalue weighted by Crippen LogP contribution is -2.43. The maximum atomic E-state index is 11.8. The minimum absolute atomic E-state index is 0.00649. The van der Waals surface area contributed by atoms with Crippen molar-refractivity contribution in [1.29, 1.82) is 0 Å². The first kappa shape index (κ1) is 17.5. The summed E-state index contributed by atoms with van der Waals surface area (Å²) in [5.41, 5.74) is -0.601. The van der Waals surface area contributed by atoms with Gasteiger partial charge in [0.1, 0.15) is 17.1 Å². The minimum Gasteiger partial charge on any atom is -0.463 e. The van der Waals surface area contributed by atoms with E-state index in [0.717, 1.165) is 5.56 Å². The Morgan fingerprint density at radius 2 is 1.92 bits per heavy atom. The van der Waals surface area contributed by atoms with E-state index in [1.165, 1.54) is 12.1 Å². The summed E-state index contributed by atoms with van der Waals surface area (Å²) in [6.07, 6.45) is 0. The predicted molar refractivity (Wildman–Crippen MR) is 86.4 cm³/mol. The van der Waals surface area contributed by atoms with Crippen molar-refractivity contribution in [1.82, 2.24) is 10.6 Å². The number of aryl methyl sites for hydroxylation is 1. The van der Waals surface area contributed by atoms with Gasteiger partial charge in [-0.3, -0.25) is 10.1 Å². The Labute approximate surface area is 138 Å². The van der Waals surface area contributed by atoms with Gasteiger partial charge < -0.3 is 20.2 Å². The molecular formula is C16H19N3O5. The predicted octanol–water partition coefficient (Wildman–Crippen LogP) is 2.20. The zero-order valence-corrected chi connectivity index (χ0v) is 13.4. The van der Waals surface area contributed by atoms with Crippen LogP contribution >= 0.6 is 0 Å². The lowest BCUT2D eigenvalue weighted by Gasteiger charge is -2.21. The molecule has 0 bridgehead atoms. The maximum Gasteiger partial charge on any atom is 0.315 e. The average Bonchev–Trinajstić information content (AvgIpc) is 2.99. The van der Waals surface area contributed by atoms with Crippen molar-refractivity contribution >= 4 is 11.7 Å². The first-order valence-electron chi connectivity index (χ1n) is 7.32.